The lowest BCUT2D eigenvalue weighted by molar-refractivity contribution is -0.164. The summed E-state index contributed by atoms with van der Waals surface area (Å²) in [4.78, 5) is 24.1. The second-order valence-corrected chi connectivity index (χ2v) is 6.04. The molecule has 4 nitrogen and oxygen atoms in total. The van der Waals surface area contributed by atoms with Gasteiger partial charge in [-0.3, -0.25) is 14.5 Å². The molecule has 8 heteroatoms. The summed E-state index contributed by atoms with van der Waals surface area (Å²) in [7, 11) is 0. The van der Waals surface area contributed by atoms with Crippen molar-refractivity contribution in [3.05, 3.63) is 0 Å². The Kier molecular flexibility index (Phi) is 3.79. The van der Waals surface area contributed by atoms with E-state index in [4.69, 9.17) is 5.73 Å². The van der Waals surface area contributed by atoms with Gasteiger partial charge >= 0.3 is 6.18 Å². The Morgan fingerprint density at radius 3 is 2.15 bits per heavy atom. The van der Waals surface area contributed by atoms with Crippen LogP contribution in [0.4, 0.5) is 13.2 Å². The fraction of sp³-hybridized carbons (Fsp3) is 0.750. The van der Waals surface area contributed by atoms with Crippen LogP contribution in [0, 0.1) is 23.7 Å². The number of rotatable bonds is 3. The summed E-state index contributed by atoms with van der Waals surface area (Å²) in [6.07, 6.45) is -3.55. The molecule has 2 fully saturated rings. The third kappa shape index (κ3) is 2.53. The quantitative estimate of drug-likeness (QED) is 0.634. The smallest absolute Gasteiger partial charge is 0.393 e. The van der Waals surface area contributed by atoms with Crippen molar-refractivity contribution in [2.24, 2.45) is 29.4 Å². The number of fused-ring (bicyclic) bond motifs is 1. The summed E-state index contributed by atoms with van der Waals surface area (Å²) < 4.78 is 38.4. The van der Waals surface area contributed by atoms with E-state index in [1.165, 1.54) is 0 Å². The highest BCUT2D eigenvalue weighted by Gasteiger charge is 2.54. The second-order valence-electron chi connectivity index (χ2n) is 5.57. The first kappa shape index (κ1) is 15.2. The monoisotopic (exact) mass is 308 g/mol. The normalized spacial score (nSPS) is 31.6. The van der Waals surface area contributed by atoms with Crippen molar-refractivity contribution in [2.75, 3.05) is 6.54 Å². The maximum Gasteiger partial charge on any atom is 0.399 e. The molecule has 3 unspecified atom stereocenters. The van der Waals surface area contributed by atoms with E-state index >= 15 is 0 Å². The average molecular weight is 308 g/mol. The van der Waals surface area contributed by atoms with E-state index in [-0.39, 0.29) is 5.92 Å². The number of likely N-dealkylation sites (tertiary alicyclic amines) is 1. The molecule has 1 saturated heterocycles. The van der Waals surface area contributed by atoms with Crippen molar-refractivity contribution < 1.29 is 22.8 Å². The highest BCUT2D eigenvalue weighted by molar-refractivity contribution is 7.80. The van der Waals surface area contributed by atoms with Crippen LogP contribution in [0.5, 0.6) is 0 Å². The van der Waals surface area contributed by atoms with Gasteiger partial charge in [0.05, 0.1) is 16.8 Å². The number of hydrogen-bond acceptors (Lipinski definition) is 3. The average Bonchev–Trinajstić information content (AvgIpc) is 2.76. The van der Waals surface area contributed by atoms with Crippen LogP contribution in [0.25, 0.3) is 0 Å². The van der Waals surface area contributed by atoms with E-state index in [0.29, 0.717) is 17.7 Å². The molecule has 112 valence electrons. The van der Waals surface area contributed by atoms with Crippen molar-refractivity contribution in [1.82, 2.24) is 4.90 Å². The molecule has 3 atom stereocenters. The van der Waals surface area contributed by atoms with Gasteiger partial charge in [0.2, 0.25) is 11.8 Å². The van der Waals surface area contributed by atoms with Crippen molar-refractivity contribution in [3.8, 4) is 0 Å². The number of alkyl halides is 3. The largest absolute Gasteiger partial charge is 0.399 e. The fourth-order valence-electron chi connectivity index (χ4n) is 3.06. The highest BCUT2D eigenvalue weighted by atomic mass is 32.1. The molecular formula is C12H15F3N2O2S. The Bertz CT molecular complexity index is 442. The number of nitrogens with two attached hydrogens (primary N) is 1. The van der Waals surface area contributed by atoms with Crippen molar-refractivity contribution in [1.29, 1.82) is 0 Å². The minimum atomic E-state index is -4.66. The number of nitrogens with zero attached hydrogens (tertiary/aromatic N) is 1. The van der Waals surface area contributed by atoms with Crippen molar-refractivity contribution in [2.45, 2.75) is 25.9 Å². The molecule has 0 radical (unpaired) electrons. The fourth-order valence-corrected chi connectivity index (χ4v) is 3.27. The summed E-state index contributed by atoms with van der Waals surface area (Å²) in [5.74, 6) is -3.88. The van der Waals surface area contributed by atoms with Gasteiger partial charge in [-0.05, 0) is 18.8 Å². The Hall–Kier alpha value is -1.18. The zero-order chi connectivity index (χ0) is 15.2. The summed E-state index contributed by atoms with van der Waals surface area (Å²) in [6, 6.07) is 0. The number of amides is 2. The maximum atomic E-state index is 12.8. The van der Waals surface area contributed by atoms with Crippen LogP contribution in [0.2, 0.25) is 0 Å². The maximum absolute atomic E-state index is 12.8. The number of carbonyl (C=O) groups excluding carboxylic acids is 2. The Balaban J connectivity index is 2.17. The minimum Gasteiger partial charge on any atom is -0.393 e. The molecule has 2 N–H and O–H groups in total. The Labute approximate surface area is 119 Å². The Morgan fingerprint density at radius 1 is 1.35 bits per heavy atom. The second kappa shape index (κ2) is 4.98. The van der Waals surface area contributed by atoms with E-state index in [0.717, 1.165) is 0 Å². The molecule has 2 rings (SSSR count). The SMILES string of the molecule is CC1CC2C(=O)N(CC(C(N)=S)C(F)(F)F)C(=O)C2C1. The van der Waals surface area contributed by atoms with Gasteiger partial charge in [-0.25, -0.2) is 0 Å². The lowest BCUT2D eigenvalue weighted by Gasteiger charge is -2.24. The van der Waals surface area contributed by atoms with Crippen LogP contribution >= 0.6 is 12.2 Å². The van der Waals surface area contributed by atoms with Gasteiger partial charge < -0.3 is 5.73 Å². The van der Waals surface area contributed by atoms with Crippen LogP contribution in [-0.2, 0) is 9.59 Å². The lowest BCUT2D eigenvalue weighted by Crippen LogP contribution is -2.46. The molecule has 0 spiro atoms. The number of carbonyl (C=O) groups is 2. The molecule has 1 aliphatic carbocycles. The van der Waals surface area contributed by atoms with Gasteiger partial charge in [0.1, 0.15) is 5.92 Å². The molecule has 1 heterocycles. The topological polar surface area (TPSA) is 63.4 Å². The zero-order valence-electron chi connectivity index (χ0n) is 10.8. The number of thiocarbonyl (C=S) groups is 1. The third-order valence-corrected chi connectivity index (χ3v) is 4.35. The number of halogens is 3. The third-order valence-electron chi connectivity index (χ3n) is 4.07. The predicted octanol–water partition coefficient (Wildman–Crippen LogP) is 1.48. The van der Waals surface area contributed by atoms with E-state index in [1.54, 1.807) is 0 Å². The van der Waals surface area contributed by atoms with E-state index in [9.17, 15) is 22.8 Å². The van der Waals surface area contributed by atoms with E-state index in [1.807, 2.05) is 6.92 Å². The molecule has 0 aromatic carbocycles. The first-order chi connectivity index (χ1) is 9.12. The van der Waals surface area contributed by atoms with Crippen LogP contribution in [0.3, 0.4) is 0 Å². The van der Waals surface area contributed by atoms with Gasteiger partial charge in [-0.2, -0.15) is 13.2 Å². The standard InChI is InChI=1S/C12H15F3N2O2S/c1-5-2-6-7(3-5)11(19)17(10(6)18)4-8(9(16)20)12(13,14)15/h5-8H,2-4H2,1H3,(H2,16,20). The first-order valence-corrected chi connectivity index (χ1v) is 6.75. The molecular weight excluding hydrogens is 293 g/mol. The molecule has 2 aliphatic rings. The van der Waals surface area contributed by atoms with E-state index < -0.39 is 47.3 Å². The molecule has 0 aromatic heterocycles. The molecule has 1 saturated carbocycles. The highest BCUT2D eigenvalue weighted by Crippen LogP contribution is 2.43. The Morgan fingerprint density at radius 2 is 1.80 bits per heavy atom. The van der Waals surface area contributed by atoms with Crippen molar-refractivity contribution >= 4 is 29.0 Å². The van der Waals surface area contributed by atoms with Gasteiger partial charge in [0, 0.05) is 6.54 Å². The molecule has 0 aromatic rings. The summed E-state index contributed by atoms with van der Waals surface area (Å²) in [5.41, 5.74) is 5.09. The van der Waals surface area contributed by atoms with Crippen LogP contribution in [0.1, 0.15) is 19.8 Å². The molecule has 20 heavy (non-hydrogen) atoms. The predicted molar refractivity (Wildman–Crippen MR) is 68.4 cm³/mol. The molecule has 2 amide bonds. The van der Waals surface area contributed by atoms with Crippen molar-refractivity contribution in [3.63, 3.8) is 0 Å². The number of imide groups is 1. The van der Waals surface area contributed by atoms with Gasteiger partial charge in [0.15, 0.2) is 0 Å². The van der Waals surface area contributed by atoms with Gasteiger partial charge in [-0.1, -0.05) is 19.1 Å². The first-order valence-electron chi connectivity index (χ1n) is 6.34. The molecule has 0 bridgehead atoms. The number of hydrogen-bond donors (Lipinski definition) is 1. The van der Waals surface area contributed by atoms with Crippen LogP contribution in [0.15, 0.2) is 0 Å². The summed E-state index contributed by atoms with van der Waals surface area (Å²) >= 11 is 4.41. The minimum absolute atomic E-state index is 0.244. The zero-order valence-corrected chi connectivity index (χ0v) is 11.6. The van der Waals surface area contributed by atoms with Crippen LogP contribution < -0.4 is 5.73 Å². The van der Waals surface area contributed by atoms with Gasteiger partial charge in [-0.15, -0.1) is 0 Å². The van der Waals surface area contributed by atoms with E-state index in [2.05, 4.69) is 12.2 Å². The molecule has 1 aliphatic heterocycles. The lowest BCUT2D eigenvalue weighted by atomic mass is 10.00. The van der Waals surface area contributed by atoms with Crippen LogP contribution in [-0.4, -0.2) is 34.4 Å². The summed E-state index contributed by atoms with van der Waals surface area (Å²) in [5, 5.41) is 0. The van der Waals surface area contributed by atoms with Gasteiger partial charge in [0.25, 0.3) is 0 Å². The summed E-state index contributed by atoms with van der Waals surface area (Å²) in [6.45, 7) is 1.13.